The molecule has 5 aromatic rings. The number of nitrogens with zero attached hydrogens (tertiary/aromatic N) is 2. The molecule has 0 amide bonds. The van der Waals surface area contributed by atoms with E-state index >= 15 is 0 Å². The molecule has 7 rings (SSSR count). The van der Waals surface area contributed by atoms with Crippen LogP contribution in [-0.4, -0.2) is 32.5 Å². The molecule has 190 valence electrons. The van der Waals surface area contributed by atoms with Crippen molar-refractivity contribution in [1.29, 1.82) is 0 Å². The van der Waals surface area contributed by atoms with Crippen LogP contribution in [0.5, 0.6) is 0 Å². The maximum absolute atomic E-state index is 12.4. The Morgan fingerprint density at radius 2 is 0.850 bits per heavy atom. The molecule has 2 aliphatic heterocycles. The first-order valence-corrected chi connectivity index (χ1v) is 12.9. The number of rotatable bonds is 4. The Hall–Kier alpha value is -5.62. The van der Waals surface area contributed by atoms with E-state index in [4.69, 9.17) is 9.97 Å². The molecule has 40 heavy (non-hydrogen) atoms. The quantitative estimate of drug-likeness (QED) is 0.235. The van der Waals surface area contributed by atoms with Gasteiger partial charge in [-0.05, 0) is 59.7 Å². The molecule has 2 N–H and O–H groups in total. The van der Waals surface area contributed by atoms with E-state index in [2.05, 4.69) is 9.97 Å². The lowest BCUT2D eigenvalue weighted by Gasteiger charge is -2.04. The van der Waals surface area contributed by atoms with Gasteiger partial charge in [0.05, 0.1) is 44.9 Å². The zero-order valence-electron chi connectivity index (χ0n) is 21.3. The molecule has 0 saturated heterocycles. The van der Waals surface area contributed by atoms with Crippen LogP contribution >= 0.6 is 0 Å². The zero-order valence-corrected chi connectivity index (χ0v) is 21.3. The fourth-order valence-electron chi connectivity index (χ4n) is 5.32. The lowest BCUT2D eigenvalue weighted by Crippen LogP contribution is -1.92. The summed E-state index contributed by atoms with van der Waals surface area (Å²) in [6, 6.07) is 27.6. The van der Waals surface area contributed by atoms with Crippen molar-refractivity contribution in [2.24, 2.45) is 0 Å². The summed E-state index contributed by atoms with van der Waals surface area (Å²) in [4.78, 5) is 41.5. The van der Waals surface area contributed by atoms with Gasteiger partial charge in [0.1, 0.15) is 0 Å². The van der Waals surface area contributed by atoms with Gasteiger partial charge >= 0.3 is 0 Å². The van der Waals surface area contributed by atoms with Gasteiger partial charge in [-0.1, -0.05) is 60.7 Å². The fourth-order valence-corrected chi connectivity index (χ4v) is 5.32. The number of aromatic amines is 2. The first kappa shape index (κ1) is 23.5. The molecule has 0 unspecified atom stereocenters. The molecular weight excluding hydrogens is 496 g/mol. The molecule has 3 aromatic heterocycles. The van der Waals surface area contributed by atoms with E-state index in [1.54, 1.807) is 0 Å². The molecule has 0 spiro atoms. The molecule has 6 heteroatoms. The standard InChI is InChI=1S/C34H22N4O2/c39-19-23-25-11-15-29(35-25)33(21-7-3-1-4-8-21)30-16-12-26(36-30)24(20-40)28-14-18-32(38-28)34(22-9-5-2-6-10-22)31-17-13-27(23)37-31/h1-20,35,37H. The summed E-state index contributed by atoms with van der Waals surface area (Å²) in [6.45, 7) is 0. The molecule has 0 aliphatic carbocycles. The van der Waals surface area contributed by atoms with Gasteiger partial charge < -0.3 is 9.97 Å². The van der Waals surface area contributed by atoms with E-state index in [0.29, 0.717) is 44.9 Å². The Morgan fingerprint density at radius 3 is 1.27 bits per heavy atom. The van der Waals surface area contributed by atoms with Crippen LogP contribution in [0.3, 0.4) is 0 Å². The number of aromatic nitrogens is 4. The smallest absolute Gasteiger partial charge is 0.154 e. The first-order valence-electron chi connectivity index (χ1n) is 12.9. The molecule has 6 nitrogen and oxygen atoms in total. The molecule has 5 heterocycles. The Labute approximate surface area is 229 Å². The highest BCUT2D eigenvalue weighted by molar-refractivity contribution is 6.00. The van der Waals surface area contributed by atoms with E-state index in [9.17, 15) is 9.59 Å². The third kappa shape index (κ3) is 3.90. The summed E-state index contributed by atoms with van der Waals surface area (Å²) in [5.74, 6) is 0. The summed E-state index contributed by atoms with van der Waals surface area (Å²) in [7, 11) is 0. The third-order valence-electron chi connectivity index (χ3n) is 7.20. The Kier molecular flexibility index (Phi) is 5.64. The second kappa shape index (κ2) is 9.60. The van der Waals surface area contributed by atoms with Crippen molar-refractivity contribution >= 4 is 58.9 Å². The summed E-state index contributed by atoms with van der Waals surface area (Å²) in [5, 5.41) is 0. The van der Waals surface area contributed by atoms with Crippen LogP contribution < -0.4 is 0 Å². The molecule has 0 fully saturated rings. The summed E-state index contributed by atoms with van der Waals surface area (Å²) < 4.78 is 0. The highest BCUT2D eigenvalue weighted by atomic mass is 16.1. The van der Waals surface area contributed by atoms with E-state index in [1.807, 2.05) is 109 Å². The van der Waals surface area contributed by atoms with Crippen LogP contribution in [0.15, 0.2) is 84.9 Å². The van der Waals surface area contributed by atoms with Gasteiger partial charge in [0.2, 0.25) is 0 Å². The highest BCUT2D eigenvalue weighted by Crippen LogP contribution is 2.33. The number of aldehydes is 2. The SMILES string of the molecule is O=Cc1c2nc(c(-c3ccccc3)c3ccc([nH]3)c(C=O)c3ccc([nH]3)c(-c3ccccc3)c3nc1C=C3)C=C2. The Balaban J connectivity index is 1.67. The van der Waals surface area contributed by atoms with E-state index in [0.717, 1.165) is 45.9 Å². The lowest BCUT2D eigenvalue weighted by molar-refractivity contribution is 0.111. The maximum Gasteiger partial charge on any atom is 0.154 e. The number of hydrogen-bond donors (Lipinski definition) is 2. The molecular formula is C34H22N4O2. The minimum Gasteiger partial charge on any atom is -0.354 e. The number of benzene rings is 2. The van der Waals surface area contributed by atoms with Gasteiger partial charge in [0, 0.05) is 22.2 Å². The summed E-state index contributed by atoms with van der Waals surface area (Å²) in [6.07, 6.45) is 9.19. The van der Waals surface area contributed by atoms with Crippen molar-refractivity contribution in [3.05, 3.63) is 119 Å². The second-order valence-corrected chi connectivity index (χ2v) is 9.55. The van der Waals surface area contributed by atoms with Crippen LogP contribution in [0, 0.1) is 0 Å². The van der Waals surface area contributed by atoms with Crippen LogP contribution in [0.25, 0.3) is 68.6 Å². The number of nitrogens with one attached hydrogen (secondary N) is 2. The largest absolute Gasteiger partial charge is 0.354 e. The topological polar surface area (TPSA) is 91.5 Å². The number of carbonyl (C=O) groups is 2. The maximum atomic E-state index is 12.4. The van der Waals surface area contributed by atoms with Crippen molar-refractivity contribution in [2.75, 3.05) is 0 Å². The van der Waals surface area contributed by atoms with E-state index in [1.165, 1.54) is 0 Å². The van der Waals surface area contributed by atoms with Gasteiger partial charge in [-0.3, -0.25) is 9.59 Å². The van der Waals surface area contributed by atoms with Gasteiger partial charge in [-0.2, -0.15) is 0 Å². The molecule has 0 saturated carbocycles. The number of fused-ring (bicyclic) bond motifs is 8. The summed E-state index contributed by atoms with van der Waals surface area (Å²) >= 11 is 0. The average molecular weight is 519 g/mol. The molecule has 2 aliphatic rings. The van der Waals surface area contributed by atoms with Crippen LogP contribution in [0.4, 0.5) is 0 Å². The minimum absolute atomic E-state index is 0.417. The van der Waals surface area contributed by atoms with Crippen molar-refractivity contribution in [3.63, 3.8) is 0 Å². The van der Waals surface area contributed by atoms with Crippen molar-refractivity contribution < 1.29 is 9.59 Å². The van der Waals surface area contributed by atoms with E-state index < -0.39 is 0 Å². The van der Waals surface area contributed by atoms with Gasteiger partial charge in [-0.25, -0.2) is 9.97 Å². The average Bonchev–Trinajstić information content (AvgIpc) is 3.81. The van der Waals surface area contributed by atoms with Crippen LogP contribution in [0.1, 0.15) is 43.5 Å². The van der Waals surface area contributed by atoms with Gasteiger partial charge in [0.25, 0.3) is 0 Å². The predicted molar refractivity (Wildman–Crippen MR) is 161 cm³/mol. The van der Waals surface area contributed by atoms with Crippen LogP contribution in [0.2, 0.25) is 0 Å². The van der Waals surface area contributed by atoms with Crippen molar-refractivity contribution in [2.45, 2.75) is 0 Å². The molecule has 0 radical (unpaired) electrons. The van der Waals surface area contributed by atoms with E-state index in [-0.39, 0.29) is 0 Å². The molecule has 2 aromatic carbocycles. The normalized spacial score (nSPS) is 12.0. The first-order chi connectivity index (χ1) is 19.7. The lowest BCUT2D eigenvalue weighted by atomic mass is 10.0. The number of H-pyrrole nitrogens is 2. The van der Waals surface area contributed by atoms with Crippen molar-refractivity contribution in [3.8, 4) is 22.3 Å². The number of hydrogen-bond acceptors (Lipinski definition) is 4. The highest BCUT2D eigenvalue weighted by Gasteiger charge is 2.17. The Morgan fingerprint density at radius 1 is 0.450 bits per heavy atom. The van der Waals surface area contributed by atoms with Gasteiger partial charge in [-0.15, -0.1) is 0 Å². The predicted octanol–water partition coefficient (Wildman–Crippen LogP) is 7.61. The second-order valence-electron chi connectivity index (χ2n) is 9.55. The van der Waals surface area contributed by atoms with Gasteiger partial charge in [0.15, 0.2) is 12.6 Å². The number of carbonyl (C=O) groups excluding carboxylic acids is 2. The Bertz CT molecular complexity index is 1890. The molecule has 0 atom stereocenters. The fraction of sp³-hybridized carbons (Fsp3) is 0. The third-order valence-corrected chi connectivity index (χ3v) is 7.20. The van der Waals surface area contributed by atoms with Crippen LogP contribution in [-0.2, 0) is 0 Å². The summed E-state index contributed by atoms with van der Waals surface area (Å²) in [5.41, 5.74) is 10.1. The van der Waals surface area contributed by atoms with Crippen molar-refractivity contribution in [1.82, 2.24) is 19.9 Å². The zero-order chi connectivity index (χ0) is 27.1. The monoisotopic (exact) mass is 518 g/mol. The minimum atomic E-state index is 0.417. The molecule has 8 bridgehead atoms.